The van der Waals surface area contributed by atoms with E-state index in [0.717, 1.165) is 5.69 Å². The van der Waals surface area contributed by atoms with Gasteiger partial charge in [-0.25, -0.2) is 10.8 Å². The van der Waals surface area contributed by atoms with Gasteiger partial charge >= 0.3 is 0 Å². The molecule has 0 aliphatic rings. The number of aromatic nitrogens is 5. The molecule has 0 aliphatic heterocycles. The maximum absolute atomic E-state index is 5.86. The number of anilines is 1. The van der Waals surface area contributed by atoms with Crippen molar-refractivity contribution >= 4 is 28.6 Å². The fraction of sp³-hybridized carbons (Fsp3) is 0.0909. The zero-order valence-corrected chi connectivity index (χ0v) is 10.5. The second-order valence-electron chi connectivity index (χ2n) is 3.85. The van der Waals surface area contributed by atoms with E-state index in [1.807, 2.05) is 22.8 Å². The van der Waals surface area contributed by atoms with Gasteiger partial charge in [0.1, 0.15) is 0 Å². The van der Waals surface area contributed by atoms with Gasteiger partial charge in [-0.05, 0) is 23.7 Å². The maximum atomic E-state index is 5.86. The molecule has 96 valence electrons. The van der Waals surface area contributed by atoms with Crippen LogP contribution in [0.1, 0.15) is 5.69 Å². The quantitative estimate of drug-likeness (QED) is 0.424. The number of fused-ring (bicyclic) bond motifs is 1. The van der Waals surface area contributed by atoms with Gasteiger partial charge in [0, 0.05) is 6.20 Å². The van der Waals surface area contributed by atoms with Crippen molar-refractivity contribution in [3.8, 4) is 0 Å². The molecule has 0 aliphatic carbocycles. The summed E-state index contributed by atoms with van der Waals surface area (Å²) in [5, 5.41) is 0.114. The Hall–Kier alpha value is -2.25. The molecule has 0 unspecified atom stereocenters. The van der Waals surface area contributed by atoms with Crippen LogP contribution in [0.2, 0.25) is 5.28 Å². The molecule has 0 saturated carbocycles. The minimum Gasteiger partial charge on any atom is -0.309 e. The van der Waals surface area contributed by atoms with Crippen LogP contribution in [0, 0.1) is 0 Å². The topological polar surface area (TPSA) is 94.5 Å². The van der Waals surface area contributed by atoms with Crippen LogP contribution in [-0.4, -0.2) is 24.5 Å². The molecule has 0 spiro atoms. The molecule has 0 fully saturated rings. The summed E-state index contributed by atoms with van der Waals surface area (Å²) < 4.78 is 1.84. The van der Waals surface area contributed by atoms with Crippen molar-refractivity contribution in [3.05, 3.63) is 41.7 Å². The lowest BCUT2D eigenvalue weighted by molar-refractivity contribution is 0.788. The summed E-state index contributed by atoms with van der Waals surface area (Å²) in [6.45, 7) is 0.550. The van der Waals surface area contributed by atoms with Gasteiger partial charge in [0.15, 0.2) is 17.0 Å². The second kappa shape index (κ2) is 4.79. The number of nitrogens with two attached hydrogens (primary N) is 1. The van der Waals surface area contributed by atoms with Gasteiger partial charge in [0.05, 0.1) is 18.6 Å². The summed E-state index contributed by atoms with van der Waals surface area (Å²) in [5.74, 6) is 5.78. The number of imidazole rings is 1. The summed E-state index contributed by atoms with van der Waals surface area (Å²) in [6, 6.07) is 5.72. The average Bonchev–Trinajstić information content (AvgIpc) is 2.82. The zero-order valence-electron chi connectivity index (χ0n) is 9.79. The normalized spacial score (nSPS) is 10.8. The van der Waals surface area contributed by atoms with Crippen molar-refractivity contribution in [1.29, 1.82) is 0 Å². The van der Waals surface area contributed by atoms with Crippen LogP contribution in [0.5, 0.6) is 0 Å². The first-order chi connectivity index (χ1) is 9.28. The highest BCUT2D eigenvalue weighted by molar-refractivity contribution is 6.28. The molecule has 3 aromatic heterocycles. The average molecular weight is 276 g/mol. The minimum atomic E-state index is 0.114. The molecule has 0 atom stereocenters. The maximum Gasteiger partial charge on any atom is 0.226 e. The van der Waals surface area contributed by atoms with Gasteiger partial charge in [-0.15, -0.1) is 0 Å². The van der Waals surface area contributed by atoms with Crippen molar-refractivity contribution in [2.75, 3.05) is 5.43 Å². The van der Waals surface area contributed by atoms with Gasteiger partial charge in [0.2, 0.25) is 5.28 Å². The Labute approximate surface area is 113 Å². The van der Waals surface area contributed by atoms with E-state index >= 15 is 0 Å². The third kappa shape index (κ3) is 2.20. The SMILES string of the molecule is NNc1nc(Cl)nc2c1ncn2Cc1ccccn1. The number of hydrogen-bond donors (Lipinski definition) is 2. The molecule has 3 N–H and O–H groups in total. The van der Waals surface area contributed by atoms with Crippen molar-refractivity contribution in [2.45, 2.75) is 6.54 Å². The molecule has 3 heterocycles. The molecular weight excluding hydrogens is 266 g/mol. The largest absolute Gasteiger partial charge is 0.309 e. The third-order valence-electron chi connectivity index (χ3n) is 2.63. The fourth-order valence-corrected chi connectivity index (χ4v) is 1.96. The van der Waals surface area contributed by atoms with E-state index in [9.17, 15) is 0 Å². The Bertz CT molecular complexity index is 710. The zero-order chi connectivity index (χ0) is 13.2. The van der Waals surface area contributed by atoms with Crippen molar-refractivity contribution in [3.63, 3.8) is 0 Å². The van der Waals surface area contributed by atoms with Crippen LogP contribution in [-0.2, 0) is 6.54 Å². The Morgan fingerprint density at radius 2 is 2.16 bits per heavy atom. The van der Waals surface area contributed by atoms with Crippen molar-refractivity contribution < 1.29 is 0 Å². The summed E-state index contributed by atoms with van der Waals surface area (Å²) >= 11 is 5.86. The number of rotatable bonds is 3. The molecular formula is C11H10ClN7. The van der Waals surface area contributed by atoms with Crippen LogP contribution in [0.3, 0.4) is 0 Å². The molecule has 3 aromatic rings. The number of hydrogen-bond acceptors (Lipinski definition) is 6. The van der Waals surface area contributed by atoms with E-state index in [1.54, 1.807) is 12.5 Å². The molecule has 0 aromatic carbocycles. The van der Waals surface area contributed by atoms with Crippen LogP contribution in [0.15, 0.2) is 30.7 Å². The lowest BCUT2D eigenvalue weighted by atomic mass is 10.3. The second-order valence-corrected chi connectivity index (χ2v) is 4.19. The summed E-state index contributed by atoms with van der Waals surface area (Å²) in [6.07, 6.45) is 3.40. The highest BCUT2D eigenvalue weighted by atomic mass is 35.5. The van der Waals surface area contributed by atoms with Crippen molar-refractivity contribution in [2.24, 2.45) is 5.84 Å². The smallest absolute Gasteiger partial charge is 0.226 e. The lowest BCUT2D eigenvalue weighted by Gasteiger charge is -2.04. The number of halogens is 1. The van der Waals surface area contributed by atoms with E-state index in [0.29, 0.717) is 23.5 Å². The molecule has 7 nitrogen and oxygen atoms in total. The van der Waals surface area contributed by atoms with Crippen LogP contribution in [0.4, 0.5) is 5.82 Å². The number of nitrogen functional groups attached to an aromatic ring is 1. The molecule has 0 bridgehead atoms. The first-order valence-corrected chi connectivity index (χ1v) is 5.90. The molecule has 0 saturated heterocycles. The summed E-state index contributed by atoms with van der Waals surface area (Å²) in [5.41, 5.74) is 4.54. The Kier molecular flexibility index (Phi) is 2.98. The standard InChI is InChI=1S/C11H10ClN7/c12-11-16-9(18-13)8-10(17-11)19(6-15-8)5-7-3-1-2-4-14-7/h1-4,6H,5,13H2,(H,16,17,18). The number of nitrogens with one attached hydrogen (secondary N) is 1. The monoisotopic (exact) mass is 275 g/mol. The van der Waals surface area contributed by atoms with E-state index in [2.05, 4.69) is 25.4 Å². The Morgan fingerprint density at radius 3 is 2.89 bits per heavy atom. The lowest BCUT2D eigenvalue weighted by Crippen LogP contribution is -2.10. The number of nitrogens with zero attached hydrogens (tertiary/aromatic N) is 5. The van der Waals surface area contributed by atoms with Crippen molar-refractivity contribution in [1.82, 2.24) is 24.5 Å². The Balaban J connectivity index is 2.08. The van der Waals surface area contributed by atoms with Crippen LogP contribution < -0.4 is 11.3 Å². The van der Waals surface area contributed by atoms with E-state index in [-0.39, 0.29) is 5.28 Å². The van der Waals surface area contributed by atoms with Gasteiger partial charge in [-0.3, -0.25) is 4.98 Å². The summed E-state index contributed by atoms with van der Waals surface area (Å²) in [4.78, 5) is 16.6. The highest BCUT2D eigenvalue weighted by Gasteiger charge is 2.12. The van der Waals surface area contributed by atoms with E-state index < -0.39 is 0 Å². The van der Waals surface area contributed by atoms with Gasteiger partial charge in [0.25, 0.3) is 0 Å². The van der Waals surface area contributed by atoms with Gasteiger partial charge in [-0.2, -0.15) is 9.97 Å². The first kappa shape index (κ1) is 11.8. The molecule has 0 amide bonds. The number of hydrazine groups is 1. The van der Waals surface area contributed by atoms with E-state index in [4.69, 9.17) is 17.4 Å². The van der Waals surface area contributed by atoms with Crippen LogP contribution >= 0.6 is 11.6 Å². The predicted molar refractivity (Wildman–Crippen MR) is 71.5 cm³/mol. The van der Waals surface area contributed by atoms with E-state index in [1.165, 1.54) is 0 Å². The molecule has 8 heteroatoms. The van der Waals surface area contributed by atoms with Crippen LogP contribution in [0.25, 0.3) is 11.2 Å². The minimum absolute atomic E-state index is 0.114. The van der Waals surface area contributed by atoms with Gasteiger partial charge < -0.3 is 9.99 Å². The summed E-state index contributed by atoms with van der Waals surface area (Å²) in [7, 11) is 0. The molecule has 19 heavy (non-hydrogen) atoms. The number of pyridine rings is 1. The third-order valence-corrected chi connectivity index (χ3v) is 2.80. The predicted octanol–water partition coefficient (Wildman–Crippen LogP) is 1.21. The highest BCUT2D eigenvalue weighted by Crippen LogP contribution is 2.20. The first-order valence-electron chi connectivity index (χ1n) is 5.53. The molecule has 3 rings (SSSR count). The fourth-order valence-electron chi connectivity index (χ4n) is 1.80. The molecule has 0 radical (unpaired) electrons. The van der Waals surface area contributed by atoms with Gasteiger partial charge in [-0.1, -0.05) is 6.07 Å². The Morgan fingerprint density at radius 1 is 1.26 bits per heavy atom.